The maximum atomic E-state index is 11.9. The van der Waals surface area contributed by atoms with Crippen LogP contribution < -0.4 is 10.1 Å². The minimum Gasteiger partial charge on any atom is -0.483 e. The van der Waals surface area contributed by atoms with E-state index >= 15 is 0 Å². The molecule has 2 aromatic rings. The molecular weight excluding hydrogens is 266 g/mol. The first-order valence-corrected chi connectivity index (χ1v) is 6.82. The summed E-state index contributed by atoms with van der Waals surface area (Å²) in [6.45, 7) is 3.50. The maximum absolute atomic E-state index is 11.9. The second kappa shape index (κ2) is 6.90. The summed E-state index contributed by atoms with van der Waals surface area (Å²) in [5, 5.41) is 12.5. The number of aliphatic hydroxyl groups excluding tert-OH is 1. The molecule has 2 rings (SSSR count). The van der Waals surface area contributed by atoms with Gasteiger partial charge in [-0.2, -0.15) is 0 Å². The molecule has 0 aliphatic heterocycles. The van der Waals surface area contributed by atoms with Gasteiger partial charge in [-0.25, -0.2) is 0 Å². The molecule has 21 heavy (non-hydrogen) atoms. The quantitative estimate of drug-likeness (QED) is 0.887. The number of anilines is 1. The molecule has 0 heterocycles. The summed E-state index contributed by atoms with van der Waals surface area (Å²) in [5.41, 5.74) is 2.41. The van der Waals surface area contributed by atoms with Crippen molar-refractivity contribution in [2.24, 2.45) is 0 Å². The number of carbonyl (C=O) groups is 1. The molecular formula is C17H19NO3. The van der Waals surface area contributed by atoms with Gasteiger partial charge >= 0.3 is 0 Å². The zero-order valence-electron chi connectivity index (χ0n) is 12.2. The molecule has 1 atom stereocenters. The highest BCUT2D eigenvalue weighted by Crippen LogP contribution is 2.26. The molecule has 0 aromatic heterocycles. The number of benzene rings is 2. The summed E-state index contributed by atoms with van der Waals surface area (Å²) in [6, 6.07) is 14.7. The molecule has 0 bridgehead atoms. The number of nitrogens with one attached hydrogen (secondary N) is 1. The third kappa shape index (κ3) is 4.33. The van der Waals surface area contributed by atoms with Crippen LogP contribution in [-0.2, 0) is 4.79 Å². The second-order valence-corrected chi connectivity index (χ2v) is 4.92. The maximum Gasteiger partial charge on any atom is 0.262 e. The molecule has 0 aliphatic carbocycles. The summed E-state index contributed by atoms with van der Waals surface area (Å²) in [7, 11) is 0. The van der Waals surface area contributed by atoms with Crippen LogP contribution in [0.15, 0.2) is 48.5 Å². The first-order chi connectivity index (χ1) is 10.1. The van der Waals surface area contributed by atoms with Crippen LogP contribution in [0.25, 0.3) is 0 Å². The van der Waals surface area contributed by atoms with Crippen LogP contribution in [0, 0.1) is 6.92 Å². The number of aliphatic hydroxyl groups is 1. The Morgan fingerprint density at radius 2 is 1.95 bits per heavy atom. The van der Waals surface area contributed by atoms with Crippen LogP contribution in [0.4, 0.5) is 5.69 Å². The van der Waals surface area contributed by atoms with Crippen LogP contribution in [0.3, 0.4) is 0 Å². The lowest BCUT2D eigenvalue weighted by Gasteiger charge is -2.14. The van der Waals surface area contributed by atoms with Crippen molar-refractivity contribution in [3.05, 3.63) is 59.7 Å². The minimum atomic E-state index is -0.641. The molecule has 0 unspecified atom stereocenters. The Bertz CT molecular complexity index is 609. The third-order valence-corrected chi connectivity index (χ3v) is 3.04. The number of hydrogen-bond acceptors (Lipinski definition) is 3. The van der Waals surface area contributed by atoms with E-state index in [0.717, 1.165) is 11.3 Å². The Morgan fingerprint density at radius 3 is 2.62 bits per heavy atom. The largest absolute Gasteiger partial charge is 0.483 e. The zero-order valence-corrected chi connectivity index (χ0v) is 12.2. The Kier molecular flexibility index (Phi) is 4.95. The average molecular weight is 285 g/mol. The van der Waals surface area contributed by atoms with Crippen molar-refractivity contribution < 1.29 is 14.6 Å². The predicted molar refractivity (Wildman–Crippen MR) is 82.4 cm³/mol. The average Bonchev–Trinajstić information content (AvgIpc) is 2.46. The lowest BCUT2D eigenvalue weighted by molar-refractivity contribution is -0.118. The fraction of sp³-hybridized carbons (Fsp3) is 0.235. The van der Waals surface area contributed by atoms with Gasteiger partial charge in [0.25, 0.3) is 5.91 Å². The third-order valence-electron chi connectivity index (χ3n) is 3.04. The number of para-hydroxylation sites is 1. The predicted octanol–water partition coefficient (Wildman–Crippen LogP) is 3.07. The first kappa shape index (κ1) is 15.1. The molecule has 0 aliphatic rings. The van der Waals surface area contributed by atoms with E-state index in [0.29, 0.717) is 11.3 Å². The van der Waals surface area contributed by atoms with Gasteiger partial charge in [-0.3, -0.25) is 4.79 Å². The van der Waals surface area contributed by atoms with Gasteiger partial charge in [0.1, 0.15) is 5.75 Å². The van der Waals surface area contributed by atoms with Gasteiger partial charge in [0, 0.05) is 11.3 Å². The topological polar surface area (TPSA) is 58.6 Å². The Hall–Kier alpha value is -2.33. The summed E-state index contributed by atoms with van der Waals surface area (Å²) < 4.78 is 5.54. The van der Waals surface area contributed by atoms with Gasteiger partial charge in [-0.05, 0) is 37.6 Å². The Morgan fingerprint density at radius 1 is 1.24 bits per heavy atom. The van der Waals surface area contributed by atoms with Crippen LogP contribution >= 0.6 is 0 Å². The summed E-state index contributed by atoms with van der Waals surface area (Å²) in [4.78, 5) is 11.9. The van der Waals surface area contributed by atoms with E-state index in [4.69, 9.17) is 4.74 Å². The zero-order chi connectivity index (χ0) is 15.2. The normalized spacial score (nSPS) is 11.8. The van der Waals surface area contributed by atoms with Gasteiger partial charge in [0.2, 0.25) is 0 Å². The van der Waals surface area contributed by atoms with Crippen molar-refractivity contribution >= 4 is 11.6 Å². The van der Waals surface area contributed by atoms with E-state index in [1.807, 2.05) is 55.5 Å². The lowest BCUT2D eigenvalue weighted by Crippen LogP contribution is -2.20. The van der Waals surface area contributed by atoms with E-state index in [9.17, 15) is 9.90 Å². The molecule has 4 heteroatoms. The molecule has 0 saturated heterocycles. The van der Waals surface area contributed by atoms with Crippen molar-refractivity contribution in [1.29, 1.82) is 0 Å². The molecule has 4 nitrogen and oxygen atoms in total. The van der Waals surface area contributed by atoms with Crippen molar-refractivity contribution in [2.75, 3.05) is 11.9 Å². The molecule has 110 valence electrons. The molecule has 0 spiro atoms. The molecule has 0 radical (unpaired) electrons. The lowest BCUT2D eigenvalue weighted by atomic mass is 10.1. The minimum absolute atomic E-state index is 0.0991. The van der Waals surface area contributed by atoms with Crippen LogP contribution in [0.1, 0.15) is 24.2 Å². The van der Waals surface area contributed by atoms with Gasteiger partial charge in [-0.15, -0.1) is 0 Å². The Balaban J connectivity index is 1.99. The van der Waals surface area contributed by atoms with Crippen LogP contribution in [0.5, 0.6) is 5.75 Å². The Labute approximate surface area is 124 Å². The number of hydrogen-bond donors (Lipinski definition) is 2. The van der Waals surface area contributed by atoms with Gasteiger partial charge < -0.3 is 15.2 Å². The fourth-order valence-corrected chi connectivity index (χ4v) is 1.97. The first-order valence-electron chi connectivity index (χ1n) is 6.82. The monoisotopic (exact) mass is 285 g/mol. The summed E-state index contributed by atoms with van der Waals surface area (Å²) in [6.07, 6.45) is -0.641. The van der Waals surface area contributed by atoms with Crippen molar-refractivity contribution in [1.82, 2.24) is 0 Å². The van der Waals surface area contributed by atoms with Crippen molar-refractivity contribution in [2.45, 2.75) is 20.0 Å². The standard InChI is InChI=1S/C17H19NO3/c1-12-8-9-15(13(2)19)16(10-12)21-11-17(20)18-14-6-4-3-5-7-14/h3-10,13,19H,11H2,1-2H3,(H,18,20)/t13-/m0/s1. The van der Waals surface area contributed by atoms with E-state index in [1.54, 1.807) is 6.92 Å². The van der Waals surface area contributed by atoms with E-state index < -0.39 is 6.10 Å². The SMILES string of the molecule is Cc1ccc([C@H](C)O)c(OCC(=O)Nc2ccccc2)c1. The fourth-order valence-electron chi connectivity index (χ4n) is 1.97. The van der Waals surface area contributed by atoms with E-state index in [1.165, 1.54) is 0 Å². The van der Waals surface area contributed by atoms with Crippen LogP contribution in [-0.4, -0.2) is 17.6 Å². The van der Waals surface area contributed by atoms with E-state index in [2.05, 4.69) is 5.32 Å². The smallest absolute Gasteiger partial charge is 0.262 e. The molecule has 2 aromatic carbocycles. The van der Waals surface area contributed by atoms with Gasteiger partial charge in [0.05, 0.1) is 6.10 Å². The number of aryl methyl sites for hydroxylation is 1. The van der Waals surface area contributed by atoms with Gasteiger partial charge in [0.15, 0.2) is 6.61 Å². The molecule has 0 fully saturated rings. The molecule has 0 saturated carbocycles. The van der Waals surface area contributed by atoms with Crippen molar-refractivity contribution in [3.8, 4) is 5.75 Å². The highest BCUT2D eigenvalue weighted by Gasteiger charge is 2.11. The molecule has 1 amide bonds. The van der Waals surface area contributed by atoms with Gasteiger partial charge in [-0.1, -0.05) is 30.3 Å². The number of ether oxygens (including phenoxy) is 1. The van der Waals surface area contributed by atoms with Crippen molar-refractivity contribution in [3.63, 3.8) is 0 Å². The highest BCUT2D eigenvalue weighted by molar-refractivity contribution is 5.91. The number of amides is 1. The van der Waals surface area contributed by atoms with Crippen LogP contribution in [0.2, 0.25) is 0 Å². The second-order valence-electron chi connectivity index (χ2n) is 4.92. The number of rotatable bonds is 5. The summed E-state index contributed by atoms with van der Waals surface area (Å²) >= 11 is 0. The van der Waals surface area contributed by atoms with E-state index in [-0.39, 0.29) is 12.5 Å². The molecule has 2 N–H and O–H groups in total. The number of carbonyl (C=O) groups excluding carboxylic acids is 1. The highest BCUT2D eigenvalue weighted by atomic mass is 16.5. The summed E-state index contributed by atoms with van der Waals surface area (Å²) in [5.74, 6) is 0.299.